The van der Waals surface area contributed by atoms with Gasteiger partial charge in [0.25, 0.3) is 5.91 Å². The summed E-state index contributed by atoms with van der Waals surface area (Å²) in [5.74, 6) is 0.122. The van der Waals surface area contributed by atoms with Gasteiger partial charge in [-0.3, -0.25) is 4.79 Å². The van der Waals surface area contributed by atoms with E-state index in [1.54, 1.807) is 7.11 Å². The topological polar surface area (TPSA) is 38.8 Å². The molecule has 1 aromatic heterocycles. The predicted molar refractivity (Wildman–Crippen MR) is 100 cm³/mol. The molecule has 0 spiro atoms. The highest BCUT2D eigenvalue weighted by molar-refractivity contribution is 7.12. The van der Waals surface area contributed by atoms with Crippen LogP contribution < -0.4 is 0 Å². The predicted octanol–water partition coefficient (Wildman–Crippen LogP) is 3.55. The van der Waals surface area contributed by atoms with Crippen molar-refractivity contribution >= 4 is 17.2 Å². The third kappa shape index (κ3) is 4.48. The van der Waals surface area contributed by atoms with Crippen LogP contribution >= 0.6 is 11.3 Å². The molecular formula is C20H25NO3S. The van der Waals surface area contributed by atoms with Crippen molar-refractivity contribution in [1.29, 1.82) is 0 Å². The van der Waals surface area contributed by atoms with Crippen LogP contribution in [0.1, 0.15) is 27.2 Å². The number of carbonyl (C=O) groups excluding carboxylic acids is 1. The van der Waals surface area contributed by atoms with Crippen LogP contribution in [0.5, 0.6) is 0 Å². The van der Waals surface area contributed by atoms with Gasteiger partial charge in [-0.2, -0.15) is 0 Å². The Hall–Kier alpha value is -1.69. The first-order chi connectivity index (χ1) is 12.2. The molecule has 25 heavy (non-hydrogen) atoms. The number of amides is 1. The second-order valence-corrected chi connectivity index (χ2v) is 7.35. The van der Waals surface area contributed by atoms with E-state index in [2.05, 4.69) is 12.1 Å². The zero-order valence-electron chi connectivity index (χ0n) is 14.8. The van der Waals surface area contributed by atoms with Gasteiger partial charge in [0, 0.05) is 13.7 Å². The number of thiophene rings is 1. The second-order valence-electron chi connectivity index (χ2n) is 6.43. The molecule has 1 aromatic carbocycles. The molecule has 3 rings (SSSR count). The first-order valence-electron chi connectivity index (χ1n) is 8.69. The van der Waals surface area contributed by atoms with Crippen LogP contribution in [0.25, 0.3) is 0 Å². The van der Waals surface area contributed by atoms with Crippen molar-refractivity contribution in [3.8, 4) is 0 Å². The van der Waals surface area contributed by atoms with Crippen LogP contribution in [0.4, 0.5) is 0 Å². The first kappa shape index (κ1) is 18.1. The number of rotatable bonds is 7. The van der Waals surface area contributed by atoms with Gasteiger partial charge in [-0.05, 0) is 42.3 Å². The van der Waals surface area contributed by atoms with Crippen molar-refractivity contribution in [3.05, 3.63) is 57.8 Å². The third-order valence-corrected chi connectivity index (χ3v) is 5.63. The number of nitrogens with zero attached hydrogens (tertiary/aromatic N) is 1. The molecule has 2 atom stereocenters. The van der Waals surface area contributed by atoms with Crippen LogP contribution in [0.2, 0.25) is 0 Å². The van der Waals surface area contributed by atoms with Gasteiger partial charge >= 0.3 is 0 Å². The number of carbonyl (C=O) groups is 1. The lowest BCUT2D eigenvalue weighted by Gasteiger charge is -2.28. The van der Waals surface area contributed by atoms with E-state index in [1.165, 1.54) is 16.9 Å². The summed E-state index contributed by atoms with van der Waals surface area (Å²) in [6.45, 7) is 3.90. The van der Waals surface area contributed by atoms with E-state index in [0.717, 1.165) is 29.8 Å². The molecular weight excluding hydrogens is 334 g/mol. The Morgan fingerprint density at radius 2 is 2.08 bits per heavy atom. The summed E-state index contributed by atoms with van der Waals surface area (Å²) in [5, 5.41) is 2.03. The Kier molecular flexibility index (Phi) is 6.24. The van der Waals surface area contributed by atoms with Crippen molar-refractivity contribution in [2.75, 3.05) is 26.9 Å². The summed E-state index contributed by atoms with van der Waals surface area (Å²) in [6, 6.07) is 12.4. The van der Waals surface area contributed by atoms with Gasteiger partial charge in [-0.25, -0.2) is 0 Å². The Bertz CT molecular complexity index is 685. The van der Waals surface area contributed by atoms with Gasteiger partial charge in [-0.15, -0.1) is 11.3 Å². The van der Waals surface area contributed by atoms with Crippen molar-refractivity contribution in [1.82, 2.24) is 4.90 Å². The lowest BCUT2D eigenvalue weighted by atomic mass is 10.0. The fourth-order valence-corrected chi connectivity index (χ4v) is 4.19. The van der Waals surface area contributed by atoms with Gasteiger partial charge < -0.3 is 14.4 Å². The number of methoxy groups -OCH3 is 1. The van der Waals surface area contributed by atoms with Crippen LogP contribution in [0.15, 0.2) is 41.8 Å². The molecule has 2 heterocycles. The number of hydrogen-bond acceptors (Lipinski definition) is 4. The molecule has 1 amide bonds. The van der Waals surface area contributed by atoms with Crippen molar-refractivity contribution in [2.45, 2.75) is 31.9 Å². The lowest BCUT2D eigenvalue weighted by molar-refractivity contribution is 0.000560. The van der Waals surface area contributed by atoms with E-state index in [4.69, 9.17) is 9.47 Å². The molecule has 1 fully saturated rings. The van der Waals surface area contributed by atoms with E-state index >= 15 is 0 Å². The smallest absolute Gasteiger partial charge is 0.264 e. The number of likely N-dealkylation sites (tertiary alicyclic amines) is 1. The SMILES string of the molecule is COCCO[C@@H]1CCN(C(=O)c2cc(C)cs2)[C@H]1Cc1ccccc1. The molecule has 1 aliphatic rings. The zero-order chi connectivity index (χ0) is 17.6. The van der Waals surface area contributed by atoms with Crippen LogP contribution in [0.3, 0.4) is 0 Å². The fourth-order valence-electron chi connectivity index (χ4n) is 3.34. The molecule has 0 unspecified atom stereocenters. The maximum absolute atomic E-state index is 13.0. The van der Waals surface area contributed by atoms with Crippen molar-refractivity contribution in [3.63, 3.8) is 0 Å². The average molecular weight is 359 g/mol. The Balaban J connectivity index is 1.76. The van der Waals surface area contributed by atoms with E-state index < -0.39 is 0 Å². The summed E-state index contributed by atoms with van der Waals surface area (Å²) in [4.78, 5) is 15.8. The highest BCUT2D eigenvalue weighted by Crippen LogP contribution is 2.28. The van der Waals surface area contributed by atoms with Crippen molar-refractivity contribution in [2.24, 2.45) is 0 Å². The quantitative estimate of drug-likeness (QED) is 0.710. The largest absolute Gasteiger partial charge is 0.382 e. The van der Waals surface area contributed by atoms with Crippen LogP contribution in [-0.2, 0) is 15.9 Å². The molecule has 0 aliphatic carbocycles. The molecule has 0 bridgehead atoms. The monoisotopic (exact) mass is 359 g/mol. The molecule has 1 aliphatic heterocycles. The Morgan fingerprint density at radius 3 is 2.76 bits per heavy atom. The summed E-state index contributed by atoms with van der Waals surface area (Å²) in [6.07, 6.45) is 1.74. The molecule has 2 aromatic rings. The van der Waals surface area contributed by atoms with E-state index in [-0.39, 0.29) is 18.1 Å². The number of hydrogen-bond donors (Lipinski definition) is 0. The number of benzene rings is 1. The fraction of sp³-hybridized carbons (Fsp3) is 0.450. The summed E-state index contributed by atoms with van der Waals surface area (Å²) >= 11 is 1.52. The normalized spacial score (nSPS) is 20.2. The highest BCUT2D eigenvalue weighted by atomic mass is 32.1. The summed E-state index contributed by atoms with van der Waals surface area (Å²) in [5.41, 5.74) is 2.37. The summed E-state index contributed by atoms with van der Waals surface area (Å²) in [7, 11) is 1.68. The zero-order valence-corrected chi connectivity index (χ0v) is 15.6. The standard InChI is InChI=1S/C20H25NO3S/c1-15-12-19(25-14-15)20(22)21-9-8-18(24-11-10-23-2)17(21)13-16-6-4-3-5-7-16/h3-7,12,14,17-18H,8-11,13H2,1-2H3/t17-,18+/m0/s1. The van der Waals surface area contributed by atoms with E-state index in [1.807, 2.05) is 41.5 Å². The minimum absolute atomic E-state index is 0.0559. The molecule has 0 N–H and O–H groups in total. The van der Waals surface area contributed by atoms with Crippen LogP contribution in [0, 0.1) is 6.92 Å². The van der Waals surface area contributed by atoms with Crippen LogP contribution in [-0.4, -0.2) is 49.8 Å². The number of aryl methyl sites for hydroxylation is 1. The maximum atomic E-state index is 13.0. The van der Waals surface area contributed by atoms with Gasteiger partial charge in [0.1, 0.15) is 0 Å². The molecule has 5 heteroatoms. The highest BCUT2D eigenvalue weighted by Gasteiger charge is 2.38. The van der Waals surface area contributed by atoms with Gasteiger partial charge in [0.05, 0.1) is 30.2 Å². The van der Waals surface area contributed by atoms with Gasteiger partial charge in [-0.1, -0.05) is 30.3 Å². The van der Waals surface area contributed by atoms with E-state index in [0.29, 0.717) is 13.2 Å². The average Bonchev–Trinajstić information content (AvgIpc) is 3.22. The second kappa shape index (κ2) is 8.61. The molecule has 4 nitrogen and oxygen atoms in total. The maximum Gasteiger partial charge on any atom is 0.264 e. The molecule has 134 valence electrons. The molecule has 0 saturated carbocycles. The van der Waals surface area contributed by atoms with Gasteiger partial charge in [0.15, 0.2) is 0 Å². The third-order valence-electron chi connectivity index (χ3n) is 4.59. The lowest BCUT2D eigenvalue weighted by Crippen LogP contribution is -2.42. The minimum atomic E-state index is 0.0559. The molecule has 0 radical (unpaired) electrons. The van der Waals surface area contributed by atoms with Gasteiger partial charge in [0.2, 0.25) is 0 Å². The first-order valence-corrected chi connectivity index (χ1v) is 9.57. The molecule has 1 saturated heterocycles. The Labute approximate surface area is 153 Å². The van der Waals surface area contributed by atoms with Crippen molar-refractivity contribution < 1.29 is 14.3 Å². The summed E-state index contributed by atoms with van der Waals surface area (Å²) < 4.78 is 11.1. The van der Waals surface area contributed by atoms with E-state index in [9.17, 15) is 4.79 Å². The number of ether oxygens (including phenoxy) is 2. The minimum Gasteiger partial charge on any atom is -0.382 e. The Morgan fingerprint density at radius 1 is 1.28 bits per heavy atom.